The molecule has 2 aromatic carbocycles. The maximum Gasteiger partial charge on any atom is 0.336 e. The monoisotopic (exact) mass is 394 g/mol. The van der Waals surface area contributed by atoms with Gasteiger partial charge in [-0.15, -0.1) is 0 Å². The molecule has 3 rings (SSSR count). The summed E-state index contributed by atoms with van der Waals surface area (Å²) < 4.78 is 13.7. The molecule has 1 aliphatic rings. The third-order valence-electron chi connectivity index (χ3n) is 6.17. The Kier molecular flexibility index (Phi) is 7.24. The standard InChI is InChI=1S/C26H31FO2/c1-3-5-18-6-9-20(10-7-18)21-11-13-22(14-12-21)25-17-19(16-23(27)4-2)8-15-24(25)26(28)29/h8,11-18,20H,3-7,9-10H2,1-2H3,(H,28,29). The van der Waals surface area contributed by atoms with Crippen molar-refractivity contribution in [3.05, 3.63) is 65.0 Å². The predicted molar refractivity (Wildman–Crippen MR) is 118 cm³/mol. The smallest absolute Gasteiger partial charge is 0.336 e. The lowest BCUT2D eigenvalue weighted by atomic mass is 9.77. The summed E-state index contributed by atoms with van der Waals surface area (Å²) in [6, 6.07) is 13.3. The number of carboxylic acid groups (broad SMARTS) is 1. The van der Waals surface area contributed by atoms with E-state index in [0.29, 0.717) is 23.5 Å². The van der Waals surface area contributed by atoms with Crippen LogP contribution < -0.4 is 0 Å². The van der Waals surface area contributed by atoms with Crippen molar-refractivity contribution >= 4 is 12.0 Å². The lowest BCUT2D eigenvalue weighted by Gasteiger charge is -2.28. The first kappa shape index (κ1) is 21.3. The van der Waals surface area contributed by atoms with Crippen LogP contribution >= 0.6 is 0 Å². The SMILES string of the molecule is CCCC1CCC(c2ccc(-c3cc(C=C(F)CC)ccc3C(=O)O)cc2)CC1. The average Bonchev–Trinajstić information content (AvgIpc) is 2.74. The topological polar surface area (TPSA) is 37.3 Å². The number of benzene rings is 2. The van der Waals surface area contributed by atoms with E-state index in [1.807, 2.05) is 12.1 Å². The highest BCUT2D eigenvalue weighted by Gasteiger charge is 2.22. The summed E-state index contributed by atoms with van der Waals surface area (Å²) in [4.78, 5) is 11.7. The van der Waals surface area contributed by atoms with Crippen molar-refractivity contribution in [1.29, 1.82) is 0 Å². The minimum Gasteiger partial charge on any atom is -0.478 e. The zero-order chi connectivity index (χ0) is 20.8. The van der Waals surface area contributed by atoms with Gasteiger partial charge >= 0.3 is 5.97 Å². The van der Waals surface area contributed by atoms with Crippen molar-refractivity contribution < 1.29 is 14.3 Å². The van der Waals surface area contributed by atoms with E-state index in [0.717, 1.165) is 11.5 Å². The molecule has 1 fully saturated rings. The van der Waals surface area contributed by atoms with Crippen LogP contribution in [-0.4, -0.2) is 11.1 Å². The van der Waals surface area contributed by atoms with Crippen molar-refractivity contribution in [2.45, 2.75) is 64.7 Å². The van der Waals surface area contributed by atoms with Gasteiger partial charge in [-0.05, 0) is 84.4 Å². The molecule has 0 atom stereocenters. The molecule has 0 unspecified atom stereocenters. The highest BCUT2D eigenvalue weighted by atomic mass is 19.1. The van der Waals surface area contributed by atoms with E-state index in [-0.39, 0.29) is 11.4 Å². The van der Waals surface area contributed by atoms with E-state index in [9.17, 15) is 14.3 Å². The number of hydrogen-bond donors (Lipinski definition) is 1. The van der Waals surface area contributed by atoms with Gasteiger partial charge in [0.2, 0.25) is 0 Å². The number of carbonyl (C=O) groups is 1. The van der Waals surface area contributed by atoms with Crippen LogP contribution in [0, 0.1) is 5.92 Å². The summed E-state index contributed by atoms with van der Waals surface area (Å²) in [5, 5.41) is 9.58. The van der Waals surface area contributed by atoms with Gasteiger partial charge in [0.1, 0.15) is 5.83 Å². The van der Waals surface area contributed by atoms with E-state index >= 15 is 0 Å². The molecule has 0 spiro atoms. The Hall–Kier alpha value is -2.42. The molecule has 0 bridgehead atoms. The largest absolute Gasteiger partial charge is 0.478 e. The van der Waals surface area contributed by atoms with Gasteiger partial charge in [0.25, 0.3) is 0 Å². The van der Waals surface area contributed by atoms with Gasteiger partial charge in [-0.3, -0.25) is 0 Å². The first-order chi connectivity index (χ1) is 14.0. The quantitative estimate of drug-likeness (QED) is 0.519. The van der Waals surface area contributed by atoms with Crippen LogP contribution in [0.2, 0.25) is 0 Å². The van der Waals surface area contributed by atoms with Gasteiger partial charge in [-0.2, -0.15) is 0 Å². The summed E-state index contributed by atoms with van der Waals surface area (Å²) in [5.74, 6) is 0.301. The molecule has 0 radical (unpaired) electrons. The summed E-state index contributed by atoms with van der Waals surface area (Å²) in [7, 11) is 0. The molecule has 154 valence electrons. The van der Waals surface area contributed by atoms with E-state index in [4.69, 9.17) is 0 Å². The molecule has 2 nitrogen and oxygen atoms in total. The summed E-state index contributed by atoms with van der Waals surface area (Å²) in [6.07, 6.45) is 9.49. The van der Waals surface area contributed by atoms with Gasteiger partial charge in [0.05, 0.1) is 5.56 Å². The maximum absolute atomic E-state index is 13.7. The highest BCUT2D eigenvalue weighted by Crippen LogP contribution is 2.38. The van der Waals surface area contributed by atoms with Crippen LogP contribution in [0.3, 0.4) is 0 Å². The van der Waals surface area contributed by atoms with Crippen LogP contribution in [0.25, 0.3) is 17.2 Å². The Bertz CT molecular complexity index is 859. The number of allylic oxidation sites excluding steroid dienone is 1. The predicted octanol–water partition coefficient (Wildman–Crippen LogP) is 7.85. The maximum atomic E-state index is 13.7. The third kappa shape index (κ3) is 5.35. The van der Waals surface area contributed by atoms with E-state index in [1.54, 1.807) is 25.1 Å². The number of rotatable bonds is 7. The van der Waals surface area contributed by atoms with E-state index in [1.165, 1.54) is 50.2 Å². The molecule has 3 heteroatoms. The first-order valence-corrected chi connectivity index (χ1v) is 10.9. The van der Waals surface area contributed by atoms with E-state index in [2.05, 4.69) is 19.1 Å². The van der Waals surface area contributed by atoms with Gasteiger partial charge in [0.15, 0.2) is 0 Å². The van der Waals surface area contributed by atoms with Crippen molar-refractivity contribution in [1.82, 2.24) is 0 Å². The molecule has 0 aliphatic heterocycles. The van der Waals surface area contributed by atoms with Crippen molar-refractivity contribution in [2.75, 3.05) is 0 Å². The van der Waals surface area contributed by atoms with Crippen LogP contribution in [0.1, 0.15) is 86.2 Å². The second kappa shape index (κ2) is 9.87. The summed E-state index contributed by atoms with van der Waals surface area (Å²) in [6.45, 7) is 4.02. The Morgan fingerprint density at radius 3 is 2.34 bits per heavy atom. The summed E-state index contributed by atoms with van der Waals surface area (Å²) in [5.41, 5.74) is 3.76. The van der Waals surface area contributed by atoms with Crippen molar-refractivity contribution in [3.63, 3.8) is 0 Å². The van der Waals surface area contributed by atoms with Crippen molar-refractivity contribution in [2.24, 2.45) is 5.92 Å². The average molecular weight is 395 g/mol. The minimum absolute atomic E-state index is 0.215. The van der Waals surface area contributed by atoms with Crippen molar-refractivity contribution in [3.8, 4) is 11.1 Å². The third-order valence-corrected chi connectivity index (χ3v) is 6.17. The van der Waals surface area contributed by atoms with Crippen LogP contribution in [0.5, 0.6) is 0 Å². The zero-order valence-electron chi connectivity index (χ0n) is 17.5. The van der Waals surface area contributed by atoms with Gasteiger partial charge in [-0.25, -0.2) is 9.18 Å². The molecule has 1 saturated carbocycles. The number of carboxylic acids is 1. The van der Waals surface area contributed by atoms with Crippen LogP contribution in [-0.2, 0) is 0 Å². The molecular formula is C26H31FO2. The molecule has 0 heterocycles. The molecule has 1 N–H and O–H groups in total. The molecule has 2 aromatic rings. The Morgan fingerprint density at radius 1 is 1.07 bits per heavy atom. The molecular weight excluding hydrogens is 363 g/mol. The number of aromatic carboxylic acids is 1. The molecule has 0 saturated heterocycles. The fourth-order valence-electron chi connectivity index (χ4n) is 4.49. The lowest BCUT2D eigenvalue weighted by Crippen LogP contribution is -2.13. The van der Waals surface area contributed by atoms with Gasteiger partial charge < -0.3 is 5.11 Å². The second-order valence-electron chi connectivity index (χ2n) is 8.18. The molecule has 29 heavy (non-hydrogen) atoms. The van der Waals surface area contributed by atoms with E-state index < -0.39 is 5.97 Å². The molecule has 1 aliphatic carbocycles. The Balaban J connectivity index is 1.83. The van der Waals surface area contributed by atoms with Gasteiger partial charge in [-0.1, -0.05) is 57.0 Å². The Morgan fingerprint density at radius 2 is 1.76 bits per heavy atom. The molecule has 0 amide bonds. The molecule has 0 aromatic heterocycles. The second-order valence-corrected chi connectivity index (χ2v) is 8.18. The number of hydrogen-bond acceptors (Lipinski definition) is 1. The Labute approximate surface area is 173 Å². The minimum atomic E-state index is -0.968. The highest BCUT2D eigenvalue weighted by molar-refractivity contribution is 5.96. The fourth-order valence-corrected chi connectivity index (χ4v) is 4.49. The normalized spacial score (nSPS) is 19.9. The first-order valence-electron chi connectivity index (χ1n) is 10.9. The van der Waals surface area contributed by atoms with Crippen LogP contribution in [0.4, 0.5) is 4.39 Å². The van der Waals surface area contributed by atoms with Gasteiger partial charge in [0, 0.05) is 0 Å². The fraction of sp³-hybridized carbons (Fsp3) is 0.423. The van der Waals surface area contributed by atoms with Crippen LogP contribution in [0.15, 0.2) is 48.3 Å². The summed E-state index contributed by atoms with van der Waals surface area (Å²) >= 11 is 0. The lowest BCUT2D eigenvalue weighted by molar-refractivity contribution is 0.0697. The zero-order valence-corrected chi connectivity index (χ0v) is 17.5. The number of halogens is 1.